The van der Waals surface area contributed by atoms with Crippen molar-refractivity contribution < 1.29 is 9.53 Å². The summed E-state index contributed by atoms with van der Waals surface area (Å²) in [4.78, 5) is 11.6. The van der Waals surface area contributed by atoms with Crippen LogP contribution in [0, 0.1) is 0 Å². The molecule has 0 bridgehead atoms. The fourth-order valence-electron chi connectivity index (χ4n) is 1.85. The lowest BCUT2D eigenvalue weighted by atomic mass is 10.1. The van der Waals surface area contributed by atoms with Crippen LogP contribution in [0.25, 0.3) is 0 Å². The van der Waals surface area contributed by atoms with Gasteiger partial charge in [0.2, 0.25) is 0 Å². The Hall–Kier alpha value is -2.10. The Bertz CT molecular complexity index is 492. The molecule has 0 fully saturated rings. The van der Waals surface area contributed by atoms with Crippen LogP contribution in [0.15, 0.2) is 47.3 Å². The van der Waals surface area contributed by atoms with Crippen LogP contribution in [0.1, 0.15) is 31.7 Å². The van der Waals surface area contributed by atoms with Crippen LogP contribution in [0.5, 0.6) is 0 Å². The second-order valence-electron chi connectivity index (χ2n) is 4.45. The number of carbonyl (C=O) groups excluding carboxylic acids is 1. The highest BCUT2D eigenvalue weighted by atomic mass is 16.5. The molecule has 100 valence electrons. The molecule has 0 heterocycles. The molecule has 0 radical (unpaired) electrons. The van der Waals surface area contributed by atoms with Gasteiger partial charge in [0, 0.05) is 6.42 Å². The molecule has 19 heavy (non-hydrogen) atoms. The van der Waals surface area contributed by atoms with Gasteiger partial charge in [-0.1, -0.05) is 30.3 Å². The molecule has 1 aliphatic rings. The minimum atomic E-state index is -0.233. The van der Waals surface area contributed by atoms with Crippen LogP contribution in [0.2, 0.25) is 0 Å². The number of amides is 1. The Morgan fingerprint density at radius 1 is 1.37 bits per heavy atom. The maximum Gasteiger partial charge on any atom is 0.277 e. The average molecular weight is 258 g/mol. The molecular weight excluding hydrogens is 240 g/mol. The molecule has 0 aromatic heterocycles. The fourth-order valence-corrected chi connectivity index (χ4v) is 1.85. The zero-order valence-corrected chi connectivity index (χ0v) is 11.1. The van der Waals surface area contributed by atoms with Crippen molar-refractivity contribution in [2.24, 2.45) is 5.10 Å². The molecule has 0 unspecified atom stereocenters. The summed E-state index contributed by atoms with van der Waals surface area (Å²) in [5.74, 6) is 0.682. The topological polar surface area (TPSA) is 50.7 Å². The van der Waals surface area contributed by atoms with E-state index in [-0.39, 0.29) is 12.5 Å². The van der Waals surface area contributed by atoms with Crippen molar-refractivity contribution in [2.75, 3.05) is 6.61 Å². The average Bonchev–Trinajstić information content (AvgIpc) is 2.96. The molecule has 0 saturated carbocycles. The third-order valence-electron chi connectivity index (χ3n) is 2.93. The third-order valence-corrected chi connectivity index (χ3v) is 2.93. The first-order valence-electron chi connectivity index (χ1n) is 6.46. The number of nitrogens with zero attached hydrogens (tertiary/aromatic N) is 1. The van der Waals surface area contributed by atoms with Gasteiger partial charge in [0.1, 0.15) is 0 Å². The SMILES string of the molecule is C/C(=N/NC(=O)COC1=CCCC1)c1ccccc1. The monoisotopic (exact) mass is 258 g/mol. The van der Waals surface area contributed by atoms with Gasteiger partial charge < -0.3 is 4.74 Å². The van der Waals surface area contributed by atoms with E-state index in [1.54, 1.807) is 0 Å². The van der Waals surface area contributed by atoms with Crippen molar-refractivity contribution in [2.45, 2.75) is 26.2 Å². The lowest BCUT2D eigenvalue weighted by molar-refractivity contribution is -0.124. The molecule has 1 aliphatic carbocycles. The second-order valence-corrected chi connectivity index (χ2v) is 4.45. The van der Waals surface area contributed by atoms with Gasteiger partial charge in [-0.3, -0.25) is 4.79 Å². The molecule has 4 heteroatoms. The van der Waals surface area contributed by atoms with E-state index in [2.05, 4.69) is 10.5 Å². The Morgan fingerprint density at radius 3 is 2.84 bits per heavy atom. The molecule has 0 aliphatic heterocycles. The molecule has 0 atom stereocenters. The molecule has 1 aromatic carbocycles. The first kappa shape index (κ1) is 13.3. The van der Waals surface area contributed by atoms with E-state index in [9.17, 15) is 4.79 Å². The van der Waals surface area contributed by atoms with E-state index in [0.717, 1.165) is 36.3 Å². The maximum atomic E-state index is 11.6. The van der Waals surface area contributed by atoms with Crippen molar-refractivity contribution in [3.05, 3.63) is 47.7 Å². The van der Waals surface area contributed by atoms with Crippen LogP contribution >= 0.6 is 0 Å². The van der Waals surface area contributed by atoms with E-state index in [0.29, 0.717) is 0 Å². The van der Waals surface area contributed by atoms with Crippen LogP contribution in [0.4, 0.5) is 0 Å². The van der Waals surface area contributed by atoms with Crippen molar-refractivity contribution in [1.82, 2.24) is 5.43 Å². The quantitative estimate of drug-likeness (QED) is 0.652. The number of hydrazone groups is 1. The van der Waals surface area contributed by atoms with Crippen LogP contribution in [-0.4, -0.2) is 18.2 Å². The standard InChI is InChI=1S/C15H18N2O2/c1-12(13-7-3-2-4-8-13)16-17-15(18)11-19-14-9-5-6-10-14/h2-4,7-9H,5-6,10-11H2,1H3,(H,17,18)/b16-12-. The number of nitrogens with one attached hydrogen (secondary N) is 1. The number of carbonyl (C=O) groups is 1. The molecular formula is C15H18N2O2. The third kappa shape index (κ3) is 4.25. The van der Waals surface area contributed by atoms with Crippen LogP contribution in [0.3, 0.4) is 0 Å². The van der Waals surface area contributed by atoms with Gasteiger partial charge in [0.05, 0.1) is 11.5 Å². The van der Waals surface area contributed by atoms with Gasteiger partial charge in [0.15, 0.2) is 6.61 Å². The van der Waals surface area contributed by atoms with Gasteiger partial charge in [-0.25, -0.2) is 5.43 Å². The van der Waals surface area contributed by atoms with E-state index in [4.69, 9.17) is 4.74 Å². The zero-order valence-electron chi connectivity index (χ0n) is 11.1. The van der Waals surface area contributed by atoms with E-state index < -0.39 is 0 Å². The van der Waals surface area contributed by atoms with Crippen molar-refractivity contribution in [3.63, 3.8) is 0 Å². The summed E-state index contributed by atoms with van der Waals surface area (Å²) in [6.07, 6.45) is 5.12. The number of rotatable bonds is 5. The Balaban J connectivity index is 1.79. The summed E-state index contributed by atoms with van der Waals surface area (Å²) in [6, 6.07) is 9.71. The number of allylic oxidation sites excluding steroid dienone is 2. The van der Waals surface area contributed by atoms with Crippen molar-refractivity contribution in [3.8, 4) is 0 Å². The van der Waals surface area contributed by atoms with Crippen LogP contribution < -0.4 is 5.43 Å². The zero-order chi connectivity index (χ0) is 13.5. The number of ether oxygens (including phenoxy) is 1. The lowest BCUT2D eigenvalue weighted by Crippen LogP contribution is -2.24. The molecule has 4 nitrogen and oxygen atoms in total. The first-order valence-corrected chi connectivity index (χ1v) is 6.46. The summed E-state index contributed by atoms with van der Waals surface area (Å²) in [5.41, 5.74) is 4.26. The van der Waals surface area contributed by atoms with E-state index in [1.807, 2.05) is 43.3 Å². The molecule has 1 N–H and O–H groups in total. The van der Waals surface area contributed by atoms with Gasteiger partial charge in [-0.05, 0) is 31.4 Å². The normalized spacial score (nSPS) is 15.0. The predicted octanol–water partition coefficient (Wildman–Crippen LogP) is 2.61. The van der Waals surface area contributed by atoms with Gasteiger partial charge >= 0.3 is 0 Å². The van der Waals surface area contributed by atoms with E-state index in [1.165, 1.54) is 0 Å². The maximum absolute atomic E-state index is 11.6. The Morgan fingerprint density at radius 2 is 2.16 bits per heavy atom. The molecule has 2 rings (SSSR count). The summed E-state index contributed by atoms with van der Waals surface area (Å²) in [7, 11) is 0. The summed E-state index contributed by atoms with van der Waals surface area (Å²) >= 11 is 0. The Kier molecular flexibility index (Phi) is 4.72. The number of benzene rings is 1. The van der Waals surface area contributed by atoms with Crippen LogP contribution in [-0.2, 0) is 9.53 Å². The summed E-state index contributed by atoms with van der Waals surface area (Å²) in [6.45, 7) is 1.88. The molecule has 1 amide bonds. The fraction of sp³-hybridized carbons (Fsp3) is 0.333. The largest absolute Gasteiger partial charge is 0.488 e. The van der Waals surface area contributed by atoms with E-state index >= 15 is 0 Å². The highest BCUT2D eigenvalue weighted by molar-refractivity contribution is 5.99. The molecule has 0 saturated heterocycles. The van der Waals surface area contributed by atoms with Gasteiger partial charge in [0.25, 0.3) is 5.91 Å². The smallest absolute Gasteiger partial charge is 0.277 e. The molecule has 1 aromatic rings. The van der Waals surface area contributed by atoms with Crippen molar-refractivity contribution in [1.29, 1.82) is 0 Å². The van der Waals surface area contributed by atoms with Gasteiger partial charge in [-0.2, -0.15) is 5.10 Å². The highest BCUT2D eigenvalue weighted by Crippen LogP contribution is 2.17. The minimum absolute atomic E-state index is 0.0252. The lowest BCUT2D eigenvalue weighted by Gasteiger charge is -2.06. The van der Waals surface area contributed by atoms with Gasteiger partial charge in [-0.15, -0.1) is 0 Å². The minimum Gasteiger partial charge on any atom is -0.488 e. The summed E-state index contributed by atoms with van der Waals surface area (Å²) in [5, 5.41) is 4.06. The Labute approximate surface area is 113 Å². The number of hydrogen-bond donors (Lipinski definition) is 1. The van der Waals surface area contributed by atoms with Crippen molar-refractivity contribution >= 4 is 11.6 Å². The molecule has 0 spiro atoms. The highest BCUT2D eigenvalue weighted by Gasteiger charge is 2.08. The predicted molar refractivity (Wildman–Crippen MR) is 74.7 cm³/mol. The first-order chi connectivity index (χ1) is 9.25. The second kappa shape index (κ2) is 6.73. The summed E-state index contributed by atoms with van der Waals surface area (Å²) < 4.78 is 5.38. The number of hydrogen-bond acceptors (Lipinski definition) is 3.